The third-order valence-corrected chi connectivity index (χ3v) is 4.16. The van der Waals surface area contributed by atoms with Gasteiger partial charge in [-0.05, 0) is 26.0 Å². The Bertz CT molecular complexity index is 787. The van der Waals surface area contributed by atoms with E-state index in [4.69, 9.17) is 9.40 Å². The normalized spacial score (nSPS) is 13.1. The SMILES string of the molecule is CCn1c([C@@H](C)NCc2ncoc2C(C)C)nc2ccccc21. The highest BCUT2D eigenvalue weighted by atomic mass is 16.3. The first kappa shape index (κ1) is 15.7. The molecule has 0 spiro atoms. The van der Waals surface area contributed by atoms with Crippen molar-refractivity contribution in [2.75, 3.05) is 0 Å². The van der Waals surface area contributed by atoms with E-state index in [0.717, 1.165) is 29.3 Å². The molecular formula is C18H24N4O. The van der Waals surface area contributed by atoms with Crippen LogP contribution in [0.5, 0.6) is 0 Å². The number of rotatable bonds is 6. The summed E-state index contributed by atoms with van der Waals surface area (Å²) in [6, 6.07) is 8.41. The van der Waals surface area contributed by atoms with Crippen molar-refractivity contribution in [2.45, 2.75) is 52.7 Å². The van der Waals surface area contributed by atoms with E-state index in [1.165, 1.54) is 11.9 Å². The lowest BCUT2D eigenvalue weighted by Crippen LogP contribution is -2.22. The Kier molecular flexibility index (Phi) is 4.48. The number of hydrogen-bond donors (Lipinski definition) is 1. The summed E-state index contributed by atoms with van der Waals surface area (Å²) < 4.78 is 7.75. The highest BCUT2D eigenvalue weighted by Gasteiger charge is 2.17. The molecule has 3 aromatic rings. The minimum absolute atomic E-state index is 0.138. The first-order valence-corrected chi connectivity index (χ1v) is 8.22. The second-order valence-corrected chi connectivity index (χ2v) is 6.12. The molecule has 0 bridgehead atoms. The molecule has 0 unspecified atom stereocenters. The lowest BCUT2D eigenvalue weighted by atomic mass is 10.1. The zero-order valence-corrected chi connectivity index (χ0v) is 14.2. The molecule has 122 valence electrons. The largest absolute Gasteiger partial charge is 0.448 e. The smallest absolute Gasteiger partial charge is 0.181 e. The number of imidazole rings is 1. The molecule has 1 atom stereocenters. The third-order valence-electron chi connectivity index (χ3n) is 4.16. The van der Waals surface area contributed by atoms with Gasteiger partial charge in [-0.25, -0.2) is 9.97 Å². The molecule has 1 N–H and O–H groups in total. The molecule has 0 amide bonds. The van der Waals surface area contributed by atoms with Crippen LogP contribution in [0, 0.1) is 0 Å². The predicted octanol–water partition coefficient (Wildman–Crippen LogP) is 4.02. The number of oxazole rings is 1. The van der Waals surface area contributed by atoms with Crippen molar-refractivity contribution < 1.29 is 4.42 Å². The number of aryl methyl sites for hydroxylation is 1. The van der Waals surface area contributed by atoms with Crippen LogP contribution in [0.15, 0.2) is 35.1 Å². The lowest BCUT2D eigenvalue weighted by molar-refractivity contribution is 0.469. The fourth-order valence-corrected chi connectivity index (χ4v) is 2.98. The monoisotopic (exact) mass is 312 g/mol. The number of nitrogens with one attached hydrogen (secondary N) is 1. The predicted molar refractivity (Wildman–Crippen MR) is 91.3 cm³/mol. The van der Waals surface area contributed by atoms with Gasteiger partial charge >= 0.3 is 0 Å². The highest BCUT2D eigenvalue weighted by Crippen LogP contribution is 2.22. The van der Waals surface area contributed by atoms with E-state index in [-0.39, 0.29) is 6.04 Å². The summed E-state index contributed by atoms with van der Waals surface area (Å²) in [6.07, 6.45) is 1.53. The van der Waals surface area contributed by atoms with Crippen molar-refractivity contribution in [1.29, 1.82) is 0 Å². The van der Waals surface area contributed by atoms with Crippen molar-refractivity contribution in [3.05, 3.63) is 47.9 Å². The van der Waals surface area contributed by atoms with E-state index in [1.807, 2.05) is 6.07 Å². The van der Waals surface area contributed by atoms with E-state index < -0.39 is 0 Å². The quantitative estimate of drug-likeness (QED) is 0.747. The Morgan fingerprint density at radius 2 is 2.00 bits per heavy atom. The van der Waals surface area contributed by atoms with Gasteiger partial charge in [0.15, 0.2) is 6.39 Å². The molecule has 5 heteroatoms. The number of para-hydroxylation sites is 2. The van der Waals surface area contributed by atoms with E-state index in [1.54, 1.807) is 0 Å². The molecule has 3 rings (SSSR count). The maximum atomic E-state index is 5.49. The maximum absolute atomic E-state index is 5.49. The van der Waals surface area contributed by atoms with Gasteiger partial charge in [0.25, 0.3) is 0 Å². The van der Waals surface area contributed by atoms with Gasteiger partial charge in [0.1, 0.15) is 11.6 Å². The van der Waals surface area contributed by atoms with Gasteiger partial charge in [-0.1, -0.05) is 26.0 Å². The Hall–Kier alpha value is -2.14. The van der Waals surface area contributed by atoms with Crippen LogP contribution < -0.4 is 5.32 Å². The van der Waals surface area contributed by atoms with Crippen molar-refractivity contribution in [1.82, 2.24) is 19.9 Å². The molecule has 1 aromatic carbocycles. The molecule has 2 aromatic heterocycles. The minimum atomic E-state index is 0.138. The molecule has 0 saturated carbocycles. The Morgan fingerprint density at radius 3 is 2.74 bits per heavy atom. The number of fused-ring (bicyclic) bond motifs is 1. The van der Waals surface area contributed by atoms with Gasteiger partial charge in [-0.2, -0.15) is 0 Å². The second kappa shape index (κ2) is 6.54. The number of nitrogens with zero attached hydrogens (tertiary/aromatic N) is 3. The third kappa shape index (κ3) is 3.01. The first-order chi connectivity index (χ1) is 11.1. The molecule has 0 aliphatic heterocycles. The Morgan fingerprint density at radius 1 is 1.22 bits per heavy atom. The second-order valence-electron chi connectivity index (χ2n) is 6.12. The zero-order valence-electron chi connectivity index (χ0n) is 14.2. The van der Waals surface area contributed by atoms with Gasteiger partial charge in [-0.15, -0.1) is 0 Å². The van der Waals surface area contributed by atoms with Crippen LogP contribution in [0.3, 0.4) is 0 Å². The van der Waals surface area contributed by atoms with Gasteiger partial charge < -0.3 is 14.3 Å². The molecular weight excluding hydrogens is 288 g/mol. The number of benzene rings is 1. The van der Waals surface area contributed by atoms with Gasteiger partial charge in [0, 0.05) is 19.0 Å². The van der Waals surface area contributed by atoms with Gasteiger partial charge in [-0.3, -0.25) is 0 Å². The van der Waals surface area contributed by atoms with Crippen molar-refractivity contribution >= 4 is 11.0 Å². The molecule has 23 heavy (non-hydrogen) atoms. The minimum Gasteiger partial charge on any atom is -0.448 e. The van der Waals surface area contributed by atoms with E-state index >= 15 is 0 Å². The van der Waals surface area contributed by atoms with Crippen LogP contribution in [-0.2, 0) is 13.1 Å². The Balaban J connectivity index is 1.81. The molecule has 0 aliphatic rings. The molecule has 0 fully saturated rings. The maximum Gasteiger partial charge on any atom is 0.181 e. The summed E-state index contributed by atoms with van der Waals surface area (Å²) >= 11 is 0. The van der Waals surface area contributed by atoms with Gasteiger partial charge in [0.2, 0.25) is 0 Å². The van der Waals surface area contributed by atoms with Crippen LogP contribution in [0.1, 0.15) is 56.9 Å². The first-order valence-electron chi connectivity index (χ1n) is 8.22. The zero-order chi connectivity index (χ0) is 16.4. The summed E-state index contributed by atoms with van der Waals surface area (Å²) in [5, 5.41) is 3.53. The summed E-state index contributed by atoms with van der Waals surface area (Å²) in [5.41, 5.74) is 3.20. The summed E-state index contributed by atoms with van der Waals surface area (Å²) in [7, 11) is 0. The average Bonchev–Trinajstić information content (AvgIpc) is 3.16. The van der Waals surface area contributed by atoms with Crippen LogP contribution in [0.4, 0.5) is 0 Å². The summed E-state index contributed by atoms with van der Waals surface area (Å²) in [6.45, 7) is 10.1. The van der Waals surface area contributed by atoms with E-state index in [2.05, 4.69) is 60.8 Å². The van der Waals surface area contributed by atoms with Crippen molar-refractivity contribution in [2.24, 2.45) is 0 Å². The molecule has 2 heterocycles. The fraction of sp³-hybridized carbons (Fsp3) is 0.444. The van der Waals surface area contributed by atoms with Crippen molar-refractivity contribution in [3.63, 3.8) is 0 Å². The molecule has 5 nitrogen and oxygen atoms in total. The summed E-state index contributed by atoms with van der Waals surface area (Å²) in [5.74, 6) is 2.35. The lowest BCUT2D eigenvalue weighted by Gasteiger charge is -2.15. The van der Waals surface area contributed by atoms with Crippen LogP contribution in [0.25, 0.3) is 11.0 Å². The van der Waals surface area contributed by atoms with Crippen LogP contribution >= 0.6 is 0 Å². The fourth-order valence-electron chi connectivity index (χ4n) is 2.98. The number of aromatic nitrogens is 3. The standard InChI is InChI=1S/C18H24N4O/c1-5-22-16-9-7-6-8-14(16)21-18(22)13(4)19-10-15-17(12(2)3)23-11-20-15/h6-9,11-13,19H,5,10H2,1-4H3/t13-/m1/s1. The van der Waals surface area contributed by atoms with E-state index in [9.17, 15) is 0 Å². The average molecular weight is 312 g/mol. The summed E-state index contributed by atoms with van der Waals surface area (Å²) in [4.78, 5) is 9.13. The van der Waals surface area contributed by atoms with E-state index in [0.29, 0.717) is 12.5 Å². The Labute approximate surface area is 136 Å². The molecule has 0 saturated heterocycles. The van der Waals surface area contributed by atoms with Crippen LogP contribution in [0.2, 0.25) is 0 Å². The van der Waals surface area contributed by atoms with Crippen molar-refractivity contribution in [3.8, 4) is 0 Å². The molecule has 0 radical (unpaired) electrons. The topological polar surface area (TPSA) is 55.9 Å². The number of hydrogen-bond acceptors (Lipinski definition) is 4. The highest BCUT2D eigenvalue weighted by molar-refractivity contribution is 5.76. The van der Waals surface area contributed by atoms with Crippen LogP contribution in [-0.4, -0.2) is 14.5 Å². The van der Waals surface area contributed by atoms with Gasteiger partial charge in [0.05, 0.1) is 22.8 Å². The molecule has 0 aliphatic carbocycles.